The van der Waals surface area contributed by atoms with Crippen molar-refractivity contribution in [2.24, 2.45) is 11.7 Å². The number of hydrogen-bond acceptors (Lipinski definition) is 5. The van der Waals surface area contributed by atoms with E-state index in [1.165, 1.54) is 0 Å². The van der Waals surface area contributed by atoms with Crippen molar-refractivity contribution in [3.63, 3.8) is 0 Å². The third kappa shape index (κ3) is 9.65. The molecule has 0 saturated heterocycles. The van der Waals surface area contributed by atoms with Gasteiger partial charge < -0.3 is 15.8 Å². The molecule has 0 bridgehead atoms. The van der Waals surface area contributed by atoms with Gasteiger partial charge in [-0.3, -0.25) is 19.8 Å². The predicted molar refractivity (Wildman–Crippen MR) is 119 cm³/mol. The van der Waals surface area contributed by atoms with Crippen LogP contribution in [0.2, 0.25) is 0 Å². The Balaban J connectivity index is 2.05. The molecule has 2 rings (SSSR count). The van der Waals surface area contributed by atoms with Crippen LogP contribution in [0.15, 0.2) is 30.3 Å². The van der Waals surface area contributed by atoms with Gasteiger partial charge >= 0.3 is 6.09 Å². The number of alkyl halides is 2. The molecule has 182 valence electrons. The number of nitrogens with zero attached hydrogens (tertiary/aromatic N) is 1. The zero-order valence-electron chi connectivity index (χ0n) is 18.3. The maximum absolute atomic E-state index is 13.4. The molecule has 1 aliphatic carbocycles. The molecule has 4 N–H and O–H groups in total. The third-order valence-corrected chi connectivity index (χ3v) is 5.58. The molecular weight excluding hydrogens is 455 g/mol. The van der Waals surface area contributed by atoms with Crippen molar-refractivity contribution in [3.8, 4) is 0 Å². The van der Waals surface area contributed by atoms with Gasteiger partial charge in [-0.15, -0.1) is 0 Å². The van der Waals surface area contributed by atoms with Crippen LogP contribution in [0, 0.1) is 5.92 Å². The number of ether oxygens (including phenoxy) is 1. The molecular formula is C22H30ClFN4O5. The van der Waals surface area contributed by atoms with Gasteiger partial charge in [0.05, 0.1) is 6.54 Å². The number of carbonyl (C=O) groups excluding carboxylic acids is 4. The van der Waals surface area contributed by atoms with Crippen LogP contribution in [-0.4, -0.2) is 47.0 Å². The second kappa shape index (κ2) is 13.6. The molecule has 0 heterocycles. The van der Waals surface area contributed by atoms with Crippen molar-refractivity contribution in [2.45, 2.75) is 63.2 Å². The van der Waals surface area contributed by atoms with Gasteiger partial charge in [-0.1, -0.05) is 74.0 Å². The smallest absolute Gasteiger partial charge is 0.408 e. The molecule has 4 amide bonds. The van der Waals surface area contributed by atoms with Gasteiger partial charge in [0.25, 0.3) is 17.4 Å². The lowest BCUT2D eigenvalue weighted by atomic mass is 9.84. The van der Waals surface area contributed by atoms with Crippen molar-refractivity contribution >= 4 is 35.4 Å². The van der Waals surface area contributed by atoms with Crippen LogP contribution >= 0.6 is 11.6 Å². The number of carbonyl (C=O) groups is 4. The molecule has 9 nitrogen and oxygen atoms in total. The van der Waals surface area contributed by atoms with Crippen LogP contribution in [0.1, 0.15) is 50.5 Å². The zero-order valence-corrected chi connectivity index (χ0v) is 19.1. The lowest BCUT2D eigenvalue weighted by molar-refractivity contribution is -0.144. The maximum Gasteiger partial charge on any atom is 0.408 e. The molecule has 1 fully saturated rings. The Hall–Kier alpha value is -2.88. The number of amides is 4. The first-order chi connectivity index (χ1) is 15.8. The second-order valence-corrected chi connectivity index (χ2v) is 8.36. The Labute approximate surface area is 197 Å². The SMILES string of the molecule is NC(=O)CCN(NC(=O)C(CC1CCCCC1)NC(=O)OCc1ccccc1)C(=O)[C@H](F)Cl. The Kier molecular flexibility index (Phi) is 10.9. The summed E-state index contributed by atoms with van der Waals surface area (Å²) in [5.74, 6) is -2.53. The summed E-state index contributed by atoms with van der Waals surface area (Å²) in [6.07, 6.45) is 4.19. The van der Waals surface area contributed by atoms with Gasteiger partial charge in [0, 0.05) is 6.42 Å². The molecule has 0 aromatic heterocycles. The summed E-state index contributed by atoms with van der Waals surface area (Å²) in [5, 5.41) is 3.15. The van der Waals surface area contributed by atoms with E-state index in [0.717, 1.165) is 37.7 Å². The monoisotopic (exact) mass is 484 g/mol. The number of nitrogens with two attached hydrogens (primary N) is 1. The quantitative estimate of drug-likeness (QED) is 0.347. The van der Waals surface area contributed by atoms with Crippen molar-refractivity contribution in [2.75, 3.05) is 6.54 Å². The standard InChI is InChI=1S/C22H30ClFN4O5/c23-19(24)21(31)28(12-11-18(25)29)27-20(30)17(13-15-7-3-1-4-8-15)26-22(32)33-14-16-9-5-2-6-10-16/h2,5-6,9-10,15,17,19H,1,3-4,7-8,11-14H2,(H2,25,29)(H,26,32)(H,27,30)/t17?,19-/m0/s1. The highest BCUT2D eigenvalue weighted by Gasteiger charge is 2.30. The molecule has 11 heteroatoms. The maximum atomic E-state index is 13.4. The molecule has 0 radical (unpaired) electrons. The van der Waals surface area contributed by atoms with Crippen molar-refractivity contribution in [3.05, 3.63) is 35.9 Å². The van der Waals surface area contributed by atoms with Crippen molar-refractivity contribution < 1.29 is 28.3 Å². The minimum absolute atomic E-state index is 0.0173. The third-order valence-electron chi connectivity index (χ3n) is 5.39. The normalized spacial score (nSPS) is 15.7. The number of hydrogen-bond donors (Lipinski definition) is 3. The van der Waals surface area contributed by atoms with E-state index in [-0.39, 0.29) is 25.5 Å². The van der Waals surface area contributed by atoms with E-state index in [1.807, 2.05) is 18.2 Å². The highest BCUT2D eigenvalue weighted by molar-refractivity contribution is 6.29. The summed E-state index contributed by atoms with van der Waals surface area (Å²) in [6, 6.07) is 8.00. The van der Waals surface area contributed by atoms with E-state index >= 15 is 0 Å². The first-order valence-corrected chi connectivity index (χ1v) is 11.4. The van der Waals surface area contributed by atoms with E-state index in [2.05, 4.69) is 10.7 Å². The highest BCUT2D eigenvalue weighted by atomic mass is 35.5. The Morgan fingerprint density at radius 3 is 2.42 bits per heavy atom. The van der Waals surface area contributed by atoms with Gasteiger partial charge in [-0.25, -0.2) is 14.2 Å². The van der Waals surface area contributed by atoms with Gasteiger partial charge in [-0.2, -0.15) is 0 Å². The van der Waals surface area contributed by atoms with E-state index in [0.29, 0.717) is 11.4 Å². The predicted octanol–water partition coefficient (Wildman–Crippen LogP) is 2.52. The first-order valence-electron chi connectivity index (χ1n) is 10.9. The molecule has 1 unspecified atom stereocenters. The highest BCUT2D eigenvalue weighted by Crippen LogP contribution is 2.27. The molecule has 0 spiro atoms. The number of primary amides is 1. The number of hydrazine groups is 1. The topological polar surface area (TPSA) is 131 Å². The van der Waals surface area contributed by atoms with Crippen molar-refractivity contribution in [1.29, 1.82) is 0 Å². The largest absolute Gasteiger partial charge is 0.445 e. The molecule has 0 aliphatic heterocycles. The van der Waals surface area contributed by atoms with Crippen LogP contribution in [-0.2, 0) is 25.7 Å². The Bertz CT molecular complexity index is 805. The summed E-state index contributed by atoms with van der Waals surface area (Å²) < 4.78 is 18.6. The van der Waals surface area contributed by atoms with Gasteiger partial charge in [0.15, 0.2) is 0 Å². The lowest BCUT2D eigenvalue weighted by Gasteiger charge is -2.29. The van der Waals surface area contributed by atoms with E-state index in [9.17, 15) is 23.6 Å². The summed E-state index contributed by atoms with van der Waals surface area (Å²) >= 11 is 5.23. The van der Waals surface area contributed by atoms with Crippen LogP contribution in [0.3, 0.4) is 0 Å². The summed E-state index contributed by atoms with van der Waals surface area (Å²) in [7, 11) is 0. The Morgan fingerprint density at radius 1 is 1.15 bits per heavy atom. The molecule has 33 heavy (non-hydrogen) atoms. The van der Waals surface area contributed by atoms with Crippen LogP contribution in [0.25, 0.3) is 0 Å². The average molecular weight is 485 g/mol. The minimum Gasteiger partial charge on any atom is -0.445 e. The number of rotatable bonds is 10. The number of alkyl carbamates (subject to hydrolysis) is 1. The second-order valence-electron chi connectivity index (χ2n) is 7.98. The average Bonchev–Trinajstić information content (AvgIpc) is 2.80. The van der Waals surface area contributed by atoms with E-state index in [4.69, 9.17) is 22.1 Å². The first kappa shape index (κ1) is 26.4. The minimum atomic E-state index is -2.42. The zero-order chi connectivity index (χ0) is 24.2. The lowest BCUT2D eigenvalue weighted by Crippen LogP contribution is -2.56. The summed E-state index contributed by atoms with van der Waals surface area (Å²) in [6.45, 7) is -0.342. The Morgan fingerprint density at radius 2 is 1.82 bits per heavy atom. The molecule has 1 aliphatic rings. The van der Waals surface area contributed by atoms with E-state index < -0.39 is 35.5 Å². The van der Waals surface area contributed by atoms with Gasteiger partial charge in [0.2, 0.25) is 5.91 Å². The van der Waals surface area contributed by atoms with Crippen LogP contribution in [0.4, 0.5) is 9.18 Å². The fraction of sp³-hybridized carbons (Fsp3) is 0.545. The molecule has 1 saturated carbocycles. The summed E-state index contributed by atoms with van der Waals surface area (Å²) in [4.78, 5) is 48.4. The van der Waals surface area contributed by atoms with E-state index in [1.54, 1.807) is 12.1 Å². The molecule has 1 aromatic rings. The van der Waals surface area contributed by atoms with Gasteiger partial charge in [-0.05, 0) is 17.9 Å². The number of nitrogens with one attached hydrogen (secondary N) is 2. The van der Waals surface area contributed by atoms with Crippen LogP contribution in [0.5, 0.6) is 0 Å². The molecule has 2 atom stereocenters. The molecule has 1 aromatic carbocycles. The van der Waals surface area contributed by atoms with Gasteiger partial charge in [0.1, 0.15) is 12.6 Å². The number of benzene rings is 1. The fourth-order valence-electron chi connectivity index (χ4n) is 3.67. The number of halogens is 2. The van der Waals surface area contributed by atoms with Crippen LogP contribution < -0.4 is 16.5 Å². The summed E-state index contributed by atoms with van der Waals surface area (Å²) in [5.41, 5.74) is 5.71. The van der Waals surface area contributed by atoms with Crippen molar-refractivity contribution in [1.82, 2.24) is 15.8 Å². The fourth-order valence-corrected chi connectivity index (χ4v) is 3.78.